The minimum Gasteiger partial charge on any atom is -0.327 e. The molecule has 0 heterocycles. The van der Waals surface area contributed by atoms with Crippen molar-refractivity contribution in [2.45, 2.75) is 12.1 Å². The molecule has 0 aliphatic rings. The SMILES string of the molecule is O=C(NC(c1ccccc1)c1cccc(Br)c1)NC(c1ccccc1)c1cccc(Br)c1. The summed E-state index contributed by atoms with van der Waals surface area (Å²) in [5.74, 6) is 0. The molecular weight excluding hydrogens is 528 g/mol. The van der Waals surface area contributed by atoms with E-state index >= 15 is 0 Å². The van der Waals surface area contributed by atoms with Crippen LogP contribution >= 0.6 is 31.9 Å². The van der Waals surface area contributed by atoms with E-state index in [1.54, 1.807) is 0 Å². The molecule has 0 saturated carbocycles. The standard InChI is InChI=1S/C27H22Br2N2O/c28-23-15-7-13-21(17-23)25(19-9-3-1-4-10-19)30-27(32)31-26(20-11-5-2-6-12-20)22-14-8-16-24(29)18-22/h1-18,25-26H,(H2,30,31,32). The molecule has 2 atom stereocenters. The number of benzene rings is 4. The van der Waals surface area contributed by atoms with Crippen molar-refractivity contribution in [1.82, 2.24) is 10.6 Å². The lowest BCUT2D eigenvalue weighted by Crippen LogP contribution is -2.40. The number of carbonyl (C=O) groups excluding carboxylic acids is 1. The first-order valence-electron chi connectivity index (χ1n) is 10.3. The lowest BCUT2D eigenvalue weighted by molar-refractivity contribution is 0.236. The maximum Gasteiger partial charge on any atom is 0.316 e. The molecular formula is C27H22Br2N2O. The molecule has 0 aliphatic heterocycles. The highest BCUT2D eigenvalue weighted by Gasteiger charge is 2.21. The first-order chi connectivity index (χ1) is 15.6. The number of amides is 2. The van der Waals surface area contributed by atoms with Crippen molar-refractivity contribution in [1.29, 1.82) is 0 Å². The van der Waals surface area contributed by atoms with Crippen molar-refractivity contribution in [2.75, 3.05) is 0 Å². The van der Waals surface area contributed by atoms with Gasteiger partial charge in [-0.3, -0.25) is 0 Å². The van der Waals surface area contributed by atoms with Gasteiger partial charge >= 0.3 is 6.03 Å². The molecule has 0 aromatic heterocycles. The number of halogens is 2. The molecule has 0 saturated heterocycles. The van der Waals surface area contributed by atoms with Gasteiger partial charge in [-0.05, 0) is 46.5 Å². The normalized spacial score (nSPS) is 12.6. The van der Waals surface area contributed by atoms with Crippen LogP contribution in [0, 0.1) is 0 Å². The van der Waals surface area contributed by atoms with Gasteiger partial charge in [0.1, 0.15) is 0 Å². The van der Waals surface area contributed by atoms with E-state index in [0.29, 0.717) is 0 Å². The zero-order valence-corrected chi connectivity index (χ0v) is 20.4. The average molecular weight is 550 g/mol. The van der Waals surface area contributed by atoms with Gasteiger partial charge in [-0.1, -0.05) is 117 Å². The van der Waals surface area contributed by atoms with Crippen LogP contribution in [0.15, 0.2) is 118 Å². The van der Waals surface area contributed by atoms with Gasteiger partial charge in [0.25, 0.3) is 0 Å². The predicted octanol–water partition coefficient (Wildman–Crippen LogP) is 7.39. The summed E-state index contributed by atoms with van der Waals surface area (Å²) in [5, 5.41) is 6.36. The molecule has 0 fully saturated rings. The largest absolute Gasteiger partial charge is 0.327 e. The van der Waals surface area contributed by atoms with Crippen LogP contribution in [-0.2, 0) is 0 Å². The first kappa shape index (κ1) is 22.3. The van der Waals surface area contributed by atoms with E-state index in [2.05, 4.69) is 42.5 Å². The number of rotatable bonds is 6. The fraction of sp³-hybridized carbons (Fsp3) is 0.0741. The Morgan fingerprint density at radius 3 is 1.28 bits per heavy atom. The van der Waals surface area contributed by atoms with Crippen molar-refractivity contribution in [3.05, 3.63) is 140 Å². The number of nitrogens with one attached hydrogen (secondary N) is 2. The third kappa shape index (κ3) is 5.67. The maximum atomic E-state index is 13.3. The summed E-state index contributed by atoms with van der Waals surface area (Å²) in [7, 11) is 0. The zero-order valence-electron chi connectivity index (χ0n) is 17.2. The van der Waals surface area contributed by atoms with Crippen molar-refractivity contribution >= 4 is 37.9 Å². The summed E-state index contributed by atoms with van der Waals surface area (Å²) < 4.78 is 1.93. The van der Waals surface area contributed by atoms with E-state index in [-0.39, 0.29) is 18.1 Å². The highest BCUT2D eigenvalue weighted by atomic mass is 79.9. The van der Waals surface area contributed by atoms with E-state index in [1.807, 2.05) is 109 Å². The molecule has 3 nitrogen and oxygen atoms in total. The summed E-state index contributed by atoms with van der Waals surface area (Å²) >= 11 is 7.09. The number of carbonyl (C=O) groups is 1. The number of hydrogen-bond acceptors (Lipinski definition) is 1. The maximum absolute atomic E-state index is 13.3. The first-order valence-corrected chi connectivity index (χ1v) is 11.9. The van der Waals surface area contributed by atoms with Gasteiger partial charge in [0.15, 0.2) is 0 Å². The summed E-state index contributed by atoms with van der Waals surface area (Å²) in [5.41, 5.74) is 4.03. The van der Waals surface area contributed by atoms with Gasteiger partial charge in [-0.2, -0.15) is 0 Å². The van der Waals surface area contributed by atoms with E-state index in [0.717, 1.165) is 31.2 Å². The molecule has 32 heavy (non-hydrogen) atoms. The van der Waals surface area contributed by atoms with Crippen LogP contribution in [0.1, 0.15) is 34.3 Å². The summed E-state index contributed by atoms with van der Waals surface area (Å²) in [6.07, 6.45) is 0. The third-order valence-corrected chi connectivity index (χ3v) is 6.17. The van der Waals surface area contributed by atoms with Crippen molar-refractivity contribution in [2.24, 2.45) is 0 Å². The zero-order chi connectivity index (χ0) is 22.3. The summed E-state index contributed by atoms with van der Waals surface area (Å²) in [6.45, 7) is 0. The summed E-state index contributed by atoms with van der Waals surface area (Å²) in [6, 6.07) is 35.1. The average Bonchev–Trinajstić information content (AvgIpc) is 2.82. The summed E-state index contributed by atoms with van der Waals surface area (Å²) in [4.78, 5) is 13.3. The molecule has 4 aromatic carbocycles. The Hall–Kier alpha value is -2.89. The van der Waals surface area contributed by atoms with E-state index < -0.39 is 0 Å². The van der Waals surface area contributed by atoms with Gasteiger partial charge in [0.05, 0.1) is 12.1 Å². The molecule has 0 bridgehead atoms. The van der Waals surface area contributed by atoms with Crippen molar-refractivity contribution < 1.29 is 4.79 Å². The number of urea groups is 1. The Morgan fingerprint density at radius 1 is 0.531 bits per heavy atom. The molecule has 0 spiro atoms. The Kier molecular flexibility index (Phi) is 7.40. The monoisotopic (exact) mass is 548 g/mol. The van der Waals surface area contributed by atoms with E-state index in [9.17, 15) is 4.79 Å². The molecule has 5 heteroatoms. The van der Waals surface area contributed by atoms with Crippen LogP contribution in [0.3, 0.4) is 0 Å². The van der Waals surface area contributed by atoms with E-state index in [1.165, 1.54) is 0 Å². The second-order valence-electron chi connectivity index (χ2n) is 7.42. The molecule has 2 N–H and O–H groups in total. The highest BCUT2D eigenvalue weighted by Crippen LogP contribution is 2.27. The van der Waals surface area contributed by atoms with Crippen molar-refractivity contribution in [3.8, 4) is 0 Å². The quantitative estimate of drug-likeness (QED) is 0.258. The van der Waals surface area contributed by atoms with Gasteiger partial charge in [0.2, 0.25) is 0 Å². The predicted molar refractivity (Wildman–Crippen MR) is 137 cm³/mol. The second-order valence-corrected chi connectivity index (χ2v) is 9.25. The topological polar surface area (TPSA) is 41.1 Å². The Bertz CT molecular complexity index is 1090. The molecule has 0 radical (unpaired) electrons. The van der Waals surface area contributed by atoms with Crippen LogP contribution in [-0.4, -0.2) is 6.03 Å². The van der Waals surface area contributed by atoms with Crippen molar-refractivity contribution in [3.63, 3.8) is 0 Å². The van der Waals surface area contributed by atoms with Crippen LogP contribution in [0.2, 0.25) is 0 Å². The van der Waals surface area contributed by atoms with Crippen LogP contribution < -0.4 is 10.6 Å². The van der Waals surface area contributed by atoms with Crippen LogP contribution in [0.4, 0.5) is 4.79 Å². The highest BCUT2D eigenvalue weighted by molar-refractivity contribution is 9.10. The second kappa shape index (κ2) is 10.6. The lowest BCUT2D eigenvalue weighted by Gasteiger charge is -2.24. The van der Waals surface area contributed by atoms with E-state index in [4.69, 9.17) is 0 Å². The van der Waals surface area contributed by atoms with Crippen LogP contribution in [0.25, 0.3) is 0 Å². The smallest absolute Gasteiger partial charge is 0.316 e. The third-order valence-electron chi connectivity index (χ3n) is 5.18. The minimum atomic E-state index is -0.285. The Morgan fingerprint density at radius 2 is 0.906 bits per heavy atom. The number of hydrogen-bond donors (Lipinski definition) is 2. The molecule has 4 aromatic rings. The molecule has 2 unspecified atom stereocenters. The Labute approximate surface area is 205 Å². The van der Waals surface area contributed by atoms with Gasteiger partial charge in [0, 0.05) is 8.95 Å². The fourth-order valence-electron chi connectivity index (χ4n) is 3.69. The molecule has 0 aliphatic carbocycles. The van der Waals surface area contributed by atoms with Crippen LogP contribution in [0.5, 0.6) is 0 Å². The molecule has 2 amide bonds. The minimum absolute atomic E-state index is 0.243. The Balaban J connectivity index is 1.63. The van der Waals surface area contributed by atoms with Gasteiger partial charge < -0.3 is 10.6 Å². The van der Waals surface area contributed by atoms with Gasteiger partial charge in [-0.25, -0.2) is 4.79 Å². The lowest BCUT2D eigenvalue weighted by atomic mass is 9.98. The van der Waals surface area contributed by atoms with Gasteiger partial charge in [-0.15, -0.1) is 0 Å². The fourth-order valence-corrected chi connectivity index (χ4v) is 4.52. The molecule has 160 valence electrons. The molecule has 4 rings (SSSR count).